The van der Waals surface area contributed by atoms with Crippen molar-refractivity contribution in [3.63, 3.8) is 0 Å². The van der Waals surface area contributed by atoms with Crippen LogP contribution in [-0.4, -0.2) is 39.0 Å². The van der Waals surface area contributed by atoms with Crippen molar-refractivity contribution in [1.82, 2.24) is 4.90 Å². The first-order valence-electron chi connectivity index (χ1n) is 11.0. The van der Waals surface area contributed by atoms with E-state index in [0.717, 1.165) is 37.3 Å². The number of nitrogens with zero attached hydrogens (tertiary/aromatic N) is 1. The molecule has 0 saturated carbocycles. The average Bonchev–Trinajstić information content (AvgIpc) is 2.96. The lowest BCUT2D eigenvalue weighted by Crippen LogP contribution is -2.62. The Morgan fingerprint density at radius 3 is 2.85 bits per heavy atom. The zero-order valence-corrected chi connectivity index (χ0v) is 18.6. The molecule has 2 heterocycles. The summed E-state index contributed by atoms with van der Waals surface area (Å²) in [6.45, 7) is 12.5. The first-order chi connectivity index (χ1) is 13.1. The third kappa shape index (κ3) is 2.23. The van der Waals surface area contributed by atoms with E-state index in [-0.39, 0.29) is 16.6 Å². The molecule has 1 saturated heterocycles. The maximum absolute atomic E-state index is 8.67. The molecule has 4 atom stereocenters. The molecular weight excluding hydrogens is 350 g/mol. The van der Waals surface area contributed by atoms with Gasteiger partial charge in [-0.15, -0.1) is 0 Å². The van der Waals surface area contributed by atoms with Crippen LogP contribution in [0.5, 0.6) is 11.5 Å². The minimum absolute atomic E-state index is 0.0290. The predicted molar refractivity (Wildman–Crippen MR) is 112 cm³/mol. The van der Waals surface area contributed by atoms with Gasteiger partial charge >= 0.3 is 0 Å². The minimum Gasteiger partial charge on any atom is -0.541 e. The van der Waals surface area contributed by atoms with E-state index in [2.05, 4.69) is 64.0 Å². The van der Waals surface area contributed by atoms with Gasteiger partial charge in [-0.05, 0) is 74.6 Å². The summed E-state index contributed by atoms with van der Waals surface area (Å²) in [6, 6.07) is 5.65. The number of likely N-dealkylation sites (tertiary alicyclic amines) is 1. The Hall–Kier alpha value is -1.26. The lowest BCUT2D eigenvalue weighted by atomic mass is 9.53. The lowest BCUT2D eigenvalue weighted by Gasteiger charge is -2.56. The molecule has 4 aliphatic rings. The van der Waals surface area contributed by atoms with Crippen LogP contribution in [0.3, 0.4) is 0 Å². The third-order valence-corrected chi connectivity index (χ3v) is 12.5. The van der Waals surface area contributed by atoms with Gasteiger partial charge in [-0.1, -0.05) is 32.9 Å². The molecule has 2 bridgehead atoms. The molecule has 0 radical (unpaired) electrons. The number of ether oxygens (including phenoxy) is 1. The maximum atomic E-state index is 8.67. The Labute approximate surface area is 166 Å². The van der Waals surface area contributed by atoms with E-state index >= 15 is 0 Å². The lowest BCUT2D eigenvalue weighted by molar-refractivity contribution is -0.00381. The van der Waals surface area contributed by atoms with E-state index in [0.29, 0.717) is 18.0 Å². The zero-order chi connectivity index (χ0) is 20.1. The van der Waals surface area contributed by atoms with Crippen molar-refractivity contribution in [2.45, 2.75) is 75.7 Å². The first-order valence-corrected chi connectivity index (χ1v) is 13.4. The first kappa shape index (κ1) is 16.7. The van der Waals surface area contributed by atoms with Crippen LogP contribution in [0.25, 0.3) is 0 Å². The summed E-state index contributed by atoms with van der Waals surface area (Å²) in [7, 11) is 0.302. The highest BCUT2D eigenvalue weighted by Gasteiger charge is 2.62. The topological polar surface area (TPSA) is 21.7 Å². The highest BCUT2D eigenvalue weighted by atomic mass is 28.4. The highest BCUT2D eigenvalue weighted by molar-refractivity contribution is 6.74. The van der Waals surface area contributed by atoms with Crippen molar-refractivity contribution in [3.8, 4) is 11.5 Å². The number of hydrogen-bond donors (Lipinski definition) is 0. The normalized spacial score (nSPS) is 35.1. The van der Waals surface area contributed by atoms with Crippen LogP contribution in [0.15, 0.2) is 24.3 Å². The van der Waals surface area contributed by atoms with Gasteiger partial charge in [0.1, 0.15) is 11.9 Å². The largest absolute Gasteiger partial charge is 0.541 e. The molecule has 1 fully saturated rings. The second kappa shape index (κ2) is 5.41. The SMILES string of the molecule is [2H]C1=CC[C@@H]2[C@H]3Cc4ccc(O[Si](C)(C)C(C)(C)C)c5c4[C@@]2(CCN3C)[C@@H]1O5. The number of piperidine rings is 1. The van der Waals surface area contributed by atoms with Crippen LogP contribution < -0.4 is 9.16 Å². The number of allylic oxidation sites excluding steroid dienone is 1. The molecule has 1 aromatic carbocycles. The number of hydrogen-bond acceptors (Lipinski definition) is 3. The monoisotopic (exact) mass is 384 g/mol. The molecule has 146 valence electrons. The molecule has 4 heteroatoms. The van der Waals surface area contributed by atoms with Crippen molar-refractivity contribution in [3.05, 3.63) is 35.4 Å². The molecule has 1 aromatic rings. The fourth-order valence-electron chi connectivity index (χ4n) is 5.64. The van der Waals surface area contributed by atoms with Gasteiger partial charge in [0.25, 0.3) is 8.32 Å². The van der Waals surface area contributed by atoms with Gasteiger partial charge in [0.05, 0.1) is 1.37 Å². The third-order valence-electron chi connectivity index (χ3n) is 8.19. The summed E-state index contributed by atoms with van der Waals surface area (Å²) in [5.74, 6) is 2.42. The molecular formula is C23H33NO2Si. The molecule has 2 aliphatic heterocycles. The minimum atomic E-state index is -1.97. The van der Waals surface area contributed by atoms with Gasteiger partial charge in [-0.25, -0.2) is 0 Å². The molecule has 5 rings (SSSR count). The molecule has 0 amide bonds. The smallest absolute Gasteiger partial charge is 0.250 e. The van der Waals surface area contributed by atoms with Gasteiger partial charge in [-0.2, -0.15) is 0 Å². The fourth-order valence-corrected chi connectivity index (χ4v) is 6.66. The fraction of sp³-hybridized carbons (Fsp3) is 0.652. The van der Waals surface area contributed by atoms with Gasteiger partial charge in [0.15, 0.2) is 5.75 Å². The van der Waals surface area contributed by atoms with Gasteiger partial charge in [0, 0.05) is 17.0 Å². The van der Waals surface area contributed by atoms with E-state index < -0.39 is 8.32 Å². The highest BCUT2D eigenvalue weighted by Crippen LogP contribution is 2.62. The van der Waals surface area contributed by atoms with E-state index in [9.17, 15) is 0 Å². The summed E-state index contributed by atoms with van der Waals surface area (Å²) < 4.78 is 22.1. The Morgan fingerprint density at radius 1 is 1.33 bits per heavy atom. The number of rotatable bonds is 2. The number of benzene rings is 1. The van der Waals surface area contributed by atoms with Crippen LogP contribution in [0.1, 0.15) is 46.1 Å². The second-order valence-electron chi connectivity index (χ2n) is 10.5. The Morgan fingerprint density at radius 2 is 2.11 bits per heavy atom. The van der Waals surface area contributed by atoms with Gasteiger partial charge in [-0.3, -0.25) is 0 Å². The van der Waals surface area contributed by atoms with Crippen LogP contribution >= 0.6 is 0 Å². The molecule has 3 nitrogen and oxygen atoms in total. The summed E-state index contributed by atoms with van der Waals surface area (Å²) in [5, 5.41) is 0.140. The van der Waals surface area contributed by atoms with Crippen molar-refractivity contribution < 1.29 is 10.5 Å². The van der Waals surface area contributed by atoms with Crippen LogP contribution in [0.2, 0.25) is 18.1 Å². The van der Waals surface area contributed by atoms with Crippen LogP contribution in [0.4, 0.5) is 0 Å². The zero-order valence-electron chi connectivity index (χ0n) is 18.6. The van der Waals surface area contributed by atoms with E-state index in [1.807, 2.05) is 0 Å². The summed E-state index contributed by atoms with van der Waals surface area (Å²) in [5.41, 5.74) is 2.78. The molecule has 0 aromatic heterocycles. The van der Waals surface area contributed by atoms with Crippen LogP contribution in [-0.2, 0) is 11.8 Å². The van der Waals surface area contributed by atoms with Crippen molar-refractivity contribution >= 4 is 8.32 Å². The van der Waals surface area contributed by atoms with Gasteiger partial charge in [0.2, 0.25) is 0 Å². The van der Waals surface area contributed by atoms with Crippen LogP contribution in [0, 0.1) is 5.92 Å². The van der Waals surface area contributed by atoms with Crippen molar-refractivity contribution in [2.24, 2.45) is 5.92 Å². The number of likely N-dealkylation sites (N-methyl/N-ethyl adjacent to an activating group) is 1. The molecule has 27 heavy (non-hydrogen) atoms. The van der Waals surface area contributed by atoms with E-state index in [4.69, 9.17) is 10.5 Å². The predicted octanol–water partition coefficient (Wildman–Crippen LogP) is 4.91. The van der Waals surface area contributed by atoms with Crippen molar-refractivity contribution in [1.29, 1.82) is 0 Å². The maximum Gasteiger partial charge on any atom is 0.250 e. The van der Waals surface area contributed by atoms with E-state index in [1.54, 1.807) is 0 Å². The quantitative estimate of drug-likeness (QED) is 0.534. The molecule has 0 N–H and O–H groups in total. The summed E-state index contributed by atoms with van der Waals surface area (Å²) in [4.78, 5) is 2.54. The Balaban J connectivity index is 1.68. The van der Waals surface area contributed by atoms with E-state index in [1.165, 1.54) is 11.1 Å². The second-order valence-corrected chi connectivity index (χ2v) is 15.3. The Kier molecular flexibility index (Phi) is 3.34. The average molecular weight is 385 g/mol. The Bertz CT molecular complexity index is 874. The summed E-state index contributed by atoms with van der Waals surface area (Å²) in [6.07, 6.45) is 5.14. The molecule has 1 spiro atoms. The summed E-state index contributed by atoms with van der Waals surface area (Å²) >= 11 is 0. The standard InChI is InChI=1S/C23H33NO2Si/c1-22(2,3)27(5,6)26-18-11-10-15-14-17-16-8-7-9-19-23(16,12-13-24(17)4)20(15)21(18)25-19/h7,9-11,16-17,19H,8,12-14H2,1-6H3/t16-,17-,19-,23-/m1/s1/i9D. The molecule has 2 aliphatic carbocycles. The van der Waals surface area contributed by atoms with Gasteiger partial charge < -0.3 is 14.1 Å². The molecule has 0 unspecified atom stereocenters. The van der Waals surface area contributed by atoms with Crippen molar-refractivity contribution in [2.75, 3.05) is 13.6 Å².